The van der Waals surface area contributed by atoms with Crippen LogP contribution in [0.15, 0.2) is 24.3 Å². The zero-order valence-corrected chi connectivity index (χ0v) is 10.2. The van der Waals surface area contributed by atoms with Gasteiger partial charge in [-0.3, -0.25) is 0 Å². The van der Waals surface area contributed by atoms with Crippen LogP contribution in [0.25, 0.3) is 0 Å². The molecule has 1 aliphatic rings. The molecule has 0 aromatic heterocycles. The van der Waals surface area contributed by atoms with Crippen LogP contribution < -0.4 is 5.32 Å². The zero-order valence-electron chi connectivity index (χ0n) is 10.2. The van der Waals surface area contributed by atoms with Gasteiger partial charge in [0.25, 0.3) is 0 Å². The molecule has 1 saturated heterocycles. The van der Waals surface area contributed by atoms with Gasteiger partial charge in [0.1, 0.15) is 0 Å². The average molecular weight is 218 g/mol. The molecule has 2 rings (SSSR count). The van der Waals surface area contributed by atoms with Crippen molar-refractivity contribution in [2.75, 3.05) is 31.5 Å². The number of nitrogens with one attached hydrogen (secondary N) is 1. The van der Waals surface area contributed by atoms with E-state index < -0.39 is 0 Å². The highest BCUT2D eigenvalue weighted by Crippen LogP contribution is 2.10. The molecule has 1 N–H and O–H groups in total. The van der Waals surface area contributed by atoms with E-state index in [-0.39, 0.29) is 0 Å². The van der Waals surface area contributed by atoms with Crippen LogP contribution in [0.1, 0.15) is 24.8 Å². The summed E-state index contributed by atoms with van der Waals surface area (Å²) in [7, 11) is 0. The van der Waals surface area contributed by atoms with E-state index >= 15 is 0 Å². The van der Waals surface area contributed by atoms with Crippen molar-refractivity contribution in [3.05, 3.63) is 29.8 Å². The molecule has 1 aromatic rings. The first kappa shape index (κ1) is 11.5. The molecular formula is C14H22N2. The van der Waals surface area contributed by atoms with Crippen LogP contribution >= 0.6 is 0 Å². The lowest BCUT2D eigenvalue weighted by molar-refractivity contribution is 0.237. The zero-order chi connectivity index (χ0) is 11.2. The summed E-state index contributed by atoms with van der Waals surface area (Å²) < 4.78 is 0. The quantitative estimate of drug-likeness (QED) is 0.836. The number of nitrogens with zero attached hydrogens (tertiary/aromatic N) is 1. The summed E-state index contributed by atoms with van der Waals surface area (Å²) in [4.78, 5) is 2.56. The molecule has 0 amide bonds. The van der Waals surface area contributed by atoms with Gasteiger partial charge in [-0.15, -0.1) is 0 Å². The van der Waals surface area contributed by atoms with Gasteiger partial charge in [0.2, 0.25) is 0 Å². The van der Waals surface area contributed by atoms with E-state index in [0.717, 1.165) is 6.54 Å². The third kappa shape index (κ3) is 3.53. The number of hydrogen-bond donors (Lipinski definition) is 1. The lowest BCUT2D eigenvalue weighted by atomic mass is 10.1. The Balaban J connectivity index is 1.71. The van der Waals surface area contributed by atoms with E-state index in [1.807, 2.05) is 0 Å². The Morgan fingerprint density at radius 2 is 2.00 bits per heavy atom. The molecule has 0 atom stereocenters. The van der Waals surface area contributed by atoms with Gasteiger partial charge in [0, 0.05) is 18.8 Å². The summed E-state index contributed by atoms with van der Waals surface area (Å²) in [5.74, 6) is 0. The number of benzene rings is 1. The van der Waals surface area contributed by atoms with Crippen molar-refractivity contribution < 1.29 is 0 Å². The van der Waals surface area contributed by atoms with E-state index in [9.17, 15) is 0 Å². The Labute approximate surface area is 98.7 Å². The SMILES string of the molecule is Cc1cccc(NCCN2CCCCC2)c1. The standard InChI is InChI=1S/C14H22N2/c1-13-6-5-7-14(12-13)15-8-11-16-9-3-2-4-10-16/h5-7,12,15H,2-4,8-11H2,1H3. The minimum atomic E-state index is 1.06. The topological polar surface area (TPSA) is 15.3 Å². The Morgan fingerprint density at radius 1 is 1.19 bits per heavy atom. The van der Waals surface area contributed by atoms with Gasteiger partial charge < -0.3 is 10.2 Å². The van der Waals surface area contributed by atoms with Crippen molar-refractivity contribution in [3.63, 3.8) is 0 Å². The Hall–Kier alpha value is -1.02. The van der Waals surface area contributed by atoms with Gasteiger partial charge in [0.05, 0.1) is 0 Å². The number of aryl methyl sites for hydroxylation is 1. The van der Waals surface area contributed by atoms with Crippen molar-refractivity contribution in [2.24, 2.45) is 0 Å². The number of piperidine rings is 1. The van der Waals surface area contributed by atoms with Gasteiger partial charge in [-0.05, 0) is 50.6 Å². The van der Waals surface area contributed by atoms with E-state index in [0.29, 0.717) is 0 Å². The number of anilines is 1. The maximum Gasteiger partial charge on any atom is 0.0343 e. The average Bonchev–Trinajstić information content (AvgIpc) is 2.30. The minimum absolute atomic E-state index is 1.06. The summed E-state index contributed by atoms with van der Waals surface area (Å²) in [5, 5.41) is 3.49. The smallest absolute Gasteiger partial charge is 0.0343 e. The Morgan fingerprint density at radius 3 is 2.75 bits per heavy atom. The lowest BCUT2D eigenvalue weighted by Crippen LogP contribution is -2.33. The molecule has 2 nitrogen and oxygen atoms in total. The molecule has 0 aliphatic carbocycles. The fraction of sp³-hybridized carbons (Fsp3) is 0.571. The van der Waals surface area contributed by atoms with Crippen molar-refractivity contribution in [1.29, 1.82) is 0 Å². The summed E-state index contributed by atoms with van der Waals surface area (Å²) >= 11 is 0. The Bertz CT molecular complexity index is 316. The number of hydrogen-bond acceptors (Lipinski definition) is 2. The van der Waals surface area contributed by atoms with Crippen LogP contribution in [0.4, 0.5) is 5.69 Å². The van der Waals surface area contributed by atoms with Gasteiger partial charge >= 0.3 is 0 Å². The molecule has 1 fully saturated rings. The minimum Gasteiger partial charge on any atom is -0.384 e. The van der Waals surface area contributed by atoms with Crippen LogP contribution in [0, 0.1) is 6.92 Å². The summed E-state index contributed by atoms with van der Waals surface area (Å²) in [5.41, 5.74) is 2.57. The molecule has 0 saturated carbocycles. The normalized spacial score (nSPS) is 17.3. The van der Waals surface area contributed by atoms with Gasteiger partial charge in [0.15, 0.2) is 0 Å². The van der Waals surface area contributed by atoms with E-state index in [1.165, 1.54) is 50.1 Å². The Kier molecular flexibility index (Phi) is 4.23. The molecule has 1 aliphatic heterocycles. The maximum atomic E-state index is 3.49. The second kappa shape index (κ2) is 5.90. The van der Waals surface area contributed by atoms with Crippen LogP contribution in [0.2, 0.25) is 0 Å². The molecule has 1 aromatic carbocycles. The summed E-state index contributed by atoms with van der Waals surface area (Å²) in [6.07, 6.45) is 4.18. The van der Waals surface area contributed by atoms with Gasteiger partial charge in [-0.25, -0.2) is 0 Å². The molecule has 16 heavy (non-hydrogen) atoms. The molecule has 0 radical (unpaired) electrons. The summed E-state index contributed by atoms with van der Waals surface area (Å²) in [6, 6.07) is 8.59. The third-order valence-electron chi connectivity index (χ3n) is 3.22. The van der Waals surface area contributed by atoms with Crippen LogP contribution in [-0.2, 0) is 0 Å². The molecule has 0 bridgehead atoms. The number of likely N-dealkylation sites (tertiary alicyclic amines) is 1. The maximum absolute atomic E-state index is 3.49. The van der Waals surface area contributed by atoms with Gasteiger partial charge in [-0.1, -0.05) is 18.6 Å². The highest BCUT2D eigenvalue weighted by Gasteiger charge is 2.08. The summed E-state index contributed by atoms with van der Waals surface area (Å²) in [6.45, 7) is 6.94. The van der Waals surface area contributed by atoms with Crippen molar-refractivity contribution in [2.45, 2.75) is 26.2 Å². The second-order valence-electron chi connectivity index (χ2n) is 4.70. The van der Waals surface area contributed by atoms with Crippen LogP contribution in [0.3, 0.4) is 0 Å². The first-order valence-corrected chi connectivity index (χ1v) is 6.37. The molecule has 88 valence electrons. The van der Waals surface area contributed by atoms with Crippen LogP contribution in [0.5, 0.6) is 0 Å². The lowest BCUT2D eigenvalue weighted by Gasteiger charge is -2.26. The van der Waals surface area contributed by atoms with E-state index in [4.69, 9.17) is 0 Å². The number of rotatable bonds is 4. The monoisotopic (exact) mass is 218 g/mol. The second-order valence-corrected chi connectivity index (χ2v) is 4.70. The highest BCUT2D eigenvalue weighted by molar-refractivity contribution is 5.45. The fourth-order valence-corrected chi connectivity index (χ4v) is 2.30. The third-order valence-corrected chi connectivity index (χ3v) is 3.22. The van der Waals surface area contributed by atoms with Crippen molar-refractivity contribution in [1.82, 2.24) is 4.90 Å². The molecule has 1 heterocycles. The van der Waals surface area contributed by atoms with E-state index in [2.05, 4.69) is 41.4 Å². The van der Waals surface area contributed by atoms with Crippen molar-refractivity contribution >= 4 is 5.69 Å². The fourth-order valence-electron chi connectivity index (χ4n) is 2.30. The highest BCUT2D eigenvalue weighted by atomic mass is 15.1. The molecule has 0 unspecified atom stereocenters. The molecule has 2 heteroatoms. The predicted molar refractivity (Wildman–Crippen MR) is 70.0 cm³/mol. The first-order chi connectivity index (χ1) is 7.84. The van der Waals surface area contributed by atoms with Crippen molar-refractivity contribution in [3.8, 4) is 0 Å². The van der Waals surface area contributed by atoms with Crippen LogP contribution in [-0.4, -0.2) is 31.1 Å². The first-order valence-electron chi connectivity index (χ1n) is 6.37. The van der Waals surface area contributed by atoms with E-state index in [1.54, 1.807) is 0 Å². The largest absolute Gasteiger partial charge is 0.384 e. The molecular weight excluding hydrogens is 196 g/mol. The molecule has 0 spiro atoms. The van der Waals surface area contributed by atoms with Gasteiger partial charge in [-0.2, -0.15) is 0 Å². The predicted octanol–water partition coefficient (Wildman–Crippen LogP) is 2.89.